The molecule has 0 saturated carbocycles. The van der Waals surface area contributed by atoms with E-state index in [1.807, 2.05) is 6.92 Å². The van der Waals surface area contributed by atoms with E-state index in [0.29, 0.717) is 5.16 Å². The van der Waals surface area contributed by atoms with Gasteiger partial charge in [-0.15, -0.1) is 5.10 Å². The van der Waals surface area contributed by atoms with Crippen LogP contribution in [-0.2, 0) is 11.2 Å². The molecule has 1 aromatic carbocycles. The summed E-state index contributed by atoms with van der Waals surface area (Å²) >= 11 is 1.14. The minimum absolute atomic E-state index is 0.0547. The highest BCUT2D eigenvalue weighted by Crippen LogP contribution is 2.15. The van der Waals surface area contributed by atoms with Gasteiger partial charge in [0, 0.05) is 18.2 Å². The zero-order chi connectivity index (χ0) is 14.5. The third-order valence-electron chi connectivity index (χ3n) is 2.32. The van der Waals surface area contributed by atoms with Gasteiger partial charge in [-0.3, -0.25) is 9.89 Å². The summed E-state index contributed by atoms with van der Waals surface area (Å²) in [6, 6.07) is 2.84. The smallest absolute Gasteiger partial charge is 0.234 e. The number of thioether (sulfide) groups is 1. The average molecular weight is 298 g/mol. The van der Waals surface area contributed by atoms with E-state index in [0.717, 1.165) is 42.2 Å². The number of halogens is 2. The first-order valence-electron chi connectivity index (χ1n) is 5.87. The predicted octanol–water partition coefficient (Wildman–Crippen LogP) is 2.38. The van der Waals surface area contributed by atoms with Crippen molar-refractivity contribution >= 4 is 23.4 Å². The Bertz CT molecular complexity index is 597. The molecular weight excluding hydrogens is 286 g/mol. The molecular formula is C12H12F2N4OS. The molecule has 0 unspecified atom stereocenters. The zero-order valence-electron chi connectivity index (χ0n) is 10.6. The third kappa shape index (κ3) is 4.02. The number of aromatic amines is 1. The SMILES string of the molecule is CCc1nc(SCC(=O)Nc2cc(F)cc(F)c2)n[nH]1. The summed E-state index contributed by atoms with van der Waals surface area (Å²) in [7, 11) is 0. The first-order chi connectivity index (χ1) is 9.56. The van der Waals surface area contributed by atoms with Crippen molar-refractivity contribution in [2.75, 3.05) is 11.1 Å². The Morgan fingerprint density at radius 2 is 2.05 bits per heavy atom. The van der Waals surface area contributed by atoms with Crippen LogP contribution < -0.4 is 5.32 Å². The van der Waals surface area contributed by atoms with Crippen LogP contribution in [0.25, 0.3) is 0 Å². The number of aryl methyl sites for hydroxylation is 1. The Balaban J connectivity index is 1.89. The number of nitrogens with one attached hydrogen (secondary N) is 2. The van der Waals surface area contributed by atoms with E-state index < -0.39 is 11.6 Å². The maximum atomic E-state index is 13.0. The quantitative estimate of drug-likeness (QED) is 0.831. The molecule has 106 valence electrons. The topological polar surface area (TPSA) is 70.7 Å². The number of nitrogens with zero attached hydrogens (tertiary/aromatic N) is 2. The van der Waals surface area contributed by atoms with Crippen LogP contribution in [0, 0.1) is 11.6 Å². The number of carbonyl (C=O) groups is 1. The molecule has 2 N–H and O–H groups in total. The molecule has 1 heterocycles. The summed E-state index contributed by atoms with van der Waals surface area (Å²) in [4.78, 5) is 15.8. The lowest BCUT2D eigenvalue weighted by molar-refractivity contribution is -0.113. The molecule has 0 bridgehead atoms. The summed E-state index contributed by atoms with van der Waals surface area (Å²) in [6.07, 6.45) is 0.725. The van der Waals surface area contributed by atoms with Crippen molar-refractivity contribution in [2.45, 2.75) is 18.5 Å². The van der Waals surface area contributed by atoms with Gasteiger partial charge in [-0.1, -0.05) is 18.7 Å². The van der Waals surface area contributed by atoms with Gasteiger partial charge in [0.15, 0.2) is 0 Å². The van der Waals surface area contributed by atoms with E-state index in [9.17, 15) is 13.6 Å². The maximum absolute atomic E-state index is 13.0. The van der Waals surface area contributed by atoms with Crippen molar-refractivity contribution in [1.82, 2.24) is 15.2 Å². The summed E-state index contributed by atoms with van der Waals surface area (Å²) < 4.78 is 25.9. The Labute approximate surface area is 118 Å². The number of amides is 1. The number of hydrogen-bond acceptors (Lipinski definition) is 4. The molecule has 0 aliphatic carbocycles. The van der Waals surface area contributed by atoms with Gasteiger partial charge >= 0.3 is 0 Å². The molecule has 8 heteroatoms. The Morgan fingerprint density at radius 1 is 1.35 bits per heavy atom. The van der Waals surface area contributed by atoms with E-state index in [1.165, 1.54) is 0 Å². The van der Waals surface area contributed by atoms with Gasteiger partial charge in [-0.25, -0.2) is 13.8 Å². The fraction of sp³-hybridized carbons (Fsp3) is 0.250. The number of H-pyrrole nitrogens is 1. The molecule has 0 saturated heterocycles. The number of anilines is 1. The Kier molecular flexibility index (Phi) is 4.67. The highest BCUT2D eigenvalue weighted by molar-refractivity contribution is 7.99. The minimum atomic E-state index is -0.741. The standard InChI is InChI=1S/C12H12F2N4OS/c1-2-10-16-12(18-17-10)20-6-11(19)15-9-4-7(13)3-8(14)5-9/h3-5H,2,6H2,1H3,(H,15,19)(H,16,17,18). The van der Waals surface area contributed by atoms with E-state index in [1.54, 1.807) is 0 Å². The molecule has 2 aromatic rings. The first kappa shape index (κ1) is 14.4. The monoisotopic (exact) mass is 298 g/mol. The molecule has 5 nitrogen and oxygen atoms in total. The minimum Gasteiger partial charge on any atom is -0.325 e. The van der Waals surface area contributed by atoms with Gasteiger partial charge in [-0.2, -0.15) is 0 Å². The lowest BCUT2D eigenvalue weighted by atomic mass is 10.3. The fourth-order valence-electron chi connectivity index (χ4n) is 1.45. The lowest BCUT2D eigenvalue weighted by Gasteiger charge is -2.04. The summed E-state index contributed by atoms with van der Waals surface area (Å²) in [5, 5.41) is 9.52. The third-order valence-corrected chi connectivity index (χ3v) is 3.17. The van der Waals surface area contributed by atoms with Gasteiger partial charge in [-0.05, 0) is 12.1 Å². The van der Waals surface area contributed by atoms with Crippen LogP contribution in [0.5, 0.6) is 0 Å². The van der Waals surface area contributed by atoms with Crippen LogP contribution in [0.15, 0.2) is 23.4 Å². The number of carbonyl (C=O) groups excluding carboxylic acids is 1. The van der Waals surface area contributed by atoms with E-state index in [2.05, 4.69) is 20.5 Å². The molecule has 0 radical (unpaired) electrons. The number of benzene rings is 1. The second kappa shape index (κ2) is 6.47. The predicted molar refractivity (Wildman–Crippen MR) is 71.5 cm³/mol. The lowest BCUT2D eigenvalue weighted by Crippen LogP contribution is -2.14. The van der Waals surface area contributed by atoms with Crippen molar-refractivity contribution < 1.29 is 13.6 Å². The van der Waals surface area contributed by atoms with Crippen LogP contribution in [0.4, 0.5) is 14.5 Å². The van der Waals surface area contributed by atoms with Crippen LogP contribution >= 0.6 is 11.8 Å². The van der Waals surface area contributed by atoms with Crippen molar-refractivity contribution in [3.8, 4) is 0 Å². The van der Waals surface area contributed by atoms with Gasteiger partial charge in [0.25, 0.3) is 0 Å². The average Bonchev–Trinajstić information content (AvgIpc) is 2.83. The van der Waals surface area contributed by atoms with Crippen molar-refractivity contribution in [3.63, 3.8) is 0 Å². The molecule has 0 aliphatic rings. The Hall–Kier alpha value is -1.96. The van der Waals surface area contributed by atoms with E-state index in [4.69, 9.17) is 0 Å². The Morgan fingerprint density at radius 3 is 2.65 bits per heavy atom. The van der Waals surface area contributed by atoms with Gasteiger partial charge in [0.05, 0.1) is 5.75 Å². The van der Waals surface area contributed by atoms with E-state index >= 15 is 0 Å². The van der Waals surface area contributed by atoms with E-state index in [-0.39, 0.29) is 17.3 Å². The van der Waals surface area contributed by atoms with Crippen molar-refractivity contribution in [2.24, 2.45) is 0 Å². The number of aromatic nitrogens is 3. The molecule has 0 aliphatic heterocycles. The molecule has 2 rings (SSSR count). The number of rotatable bonds is 5. The van der Waals surface area contributed by atoms with Gasteiger partial charge < -0.3 is 5.32 Å². The highest BCUT2D eigenvalue weighted by atomic mass is 32.2. The molecule has 20 heavy (non-hydrogen) atoms. The molecule has 1 aromatic heterocycles. The van der Waals surface area contributed by atoms with Crippen molar-refractivity contribution in [3.05, 3.63) is 35.7 Å². The van der Waals surface area contributed by atoms with Gasteiger partial charge in [0.2, 0.25) is 11.1 Å². The largest absolute Gasteiger partial charge is 0.325 e. The summed E-state index contributed by atoms with van der Waals surface area (Å²) in [5.74, 6) is -1.08. The molecule has 0 fully saturated rings. The highest BCUT2D eigenvalue weighted by Gasteiger charge is 2.08. The van der Waals surface area contributed by atoms with Crippen LogP contribution in [0.2, 0.25) is 0 Å². The maximum Gasteiger partial charge on any atom is 0.234 e. The number of hydrogen-bond donors (Lipinski definition) is 2. The molecule has 0 atom stereocenters. The fourth-order valence-corrected chi connectivity index (χ4v) is 2.07. The van der Waals surface area contributed by atoms with Crippen LogP contribution in [0.1, 0.15) is 12.7 Å². The van der Waals surface area contributed by atoms with Crippen molar-refractivity contribution in [1.29, 1.82) is 0 Å². The summed E-state index contributed by atoms with van der Waals surface area (Å²) in [5.41, 5.74) is 0.0809. The van der Waals surface area contributed by atoms with Crippen LogP contribution in [-0.4, -0.2) is 26.8 Å². The second-order valence-electron chi connectivity index (χ2n) is 3.91. The van der Waals surface area contributed by atoms with Gasteiger partial charge in [0.1, 0.15) is 17.5 Å². The zero-order valence-corrected chi connectivity index (χ0v) is 11.4. The first-order valence-corrected chi connectivity index (χ1v) is 6.85. The summed E-state index contributed by atoms with van der Waals surface area (Å²) in [6.45, 7) is 1.93. The second-order valence-corrected chi connectivity index (χ2v) is 4.86. The van der Waals surface area contributed by atoms with Crippen LogP contribution in [0.3, 0.4) is 0 Å². The normalized spacial score (nSPS) is 10.6. The molecule has 1 amide bonds. The molecule has 0 spiro atoms.